The second-order valence-electron chi connectivity index (χ2n) is 9.98. The molecule has 0 spiro atoms. The highest BCUT2D eigenvalue weighted by Crippen LogP contribution is 2.51. The molecule has 1 saturated heterocycles. The van der Waals surface area contributed by atoms with E-state index in [0.29, 0.717) is 19.5 Å². The highest BCUT2D eigenvalue weighted by Gasteiger charge is 2.57. The zero-order valence-corrected chi connectivity index (χ0v) is 20.0. The minimum Gasteiger partial charge on any atom is -0.481 e. The molecule has 1 aliphatic heterocycles. The van der Waals surface area contributed by atoms with Gasteiger partial charge in [0.2, 0.25) is 5.91 Å². The number of carboxylic acids is 1. The molecule has 1 saturated carbocycles. The van der Waals surface area contributed by atoms with Gasteiger partial charge >= 0.3 is 12.1 Å². The quantitative estimate of drug-likeness (QED) is 0.593. The highest BCUT2D eigenvalue weighted by atomic mass is 16.5. The van der Waals surface area contributed by atoms with Crippen LogP contribution in [0.3, 0.4) is 0 Å². The van der Waals surface area contributed by atoms with E-state index in [-0.39, 0.29) is 48.6 Å². The second-order valence-corrected chi connectivity index (χ2v) is 9.98. The summed E-state index contributed by atoms with van der Waals surface area (Å²) in [4.78, 5) is 38.7. The first kappa shape index (κ1) is 23.4. The number of amides is 2. The number of carbonyl (C=O) groups is 3. The van der Waals surface area contributed by atoms with Gasteiger partial charge in [0.05, 0.1) is 5.92 Å². The number of carbonyl (C=O) groups excluding carboxylic acids is 2. The number of rotatable bonds is 8. The van der Waals surface area contributed by atoms with Crippen molar-refractivity contribution in [2.45, 2.75) is 44.6 Å². The monoisotopic (exact) mass is 476 g/mol. The van der Waals surface area contributed by atoms with Gasteiger partial charge in [-0.2, -0.15) is 0 Å². The fraction of sp³-hybridized carbons (Fsp3) is 0.464. The van der Waals surface area contributed by atoms with Crippen LogP contribution in [-0.4, -0.2) is 53.7 Å². The van der Waals surface area contributed by atoms with Gasteiger partial charge < -0.3 is 20.1 Å². The lowest BCUT2D eigenvalue weighted by Crippen LogP contribution is -2.43. The number of hydrogen-bond acceptors (Lipinski definition) is 4. The molecule has 35 heavy (non-hydrogen) atoms. The molecule has 2 aromatic carbocycles. The second kappa shape index (κ2) is 9.72. The summed E-state index contributed by atoms with van der Waals surface area (Å²) in [6, 6.07) is 16.1. The first-order chi connectivity index (χ1) is 17.0. The molecule has 5 rings (SSSR count). The van der Waals surface area contributed by atoms with Gasteiger partial charge in [-0.25, -0.2) is 4.79 Å². The first-order valence-electron chi connectivity index (χ1n) is 12.6. The molecule has 184 valence electrons. The number of carboxylic acid groups (broad SMARTS) is 1. The van der Waals surface area contributed by atoms with Crippen molar-refractivity contribution in [2.24, 2.45) is 17.8 Å². The molecule has 2 amide bonds. The third kappa shape index (κ3) is 4.64. The number of nitrogens with one attached hydrogen (secondary N) is 1. The molecule has 0 aromatic heterocycles. The molecule has 7 nitrogen and oxygen atoms in total. The van der Waals surface area contributed by atoms with Crippen molar-refractivity contribution < 1.29 is 24.2 Å². The highest BCUT2D eigenvalue weighted by molar-refractivity contribution is 5.80. The van der Waals surface area contributed by atoms with E-state index in [4.69, 9.17) is 4.74 Å². The molecule has 7 heteroatoms. The Labute approximate surface area is 205 Å². The first-order valence-corrected chi connectivity index (χ1v) is 12.6. The van der Waals surface area contributed by atoms with Crippen LogP contribution in [0.25, 0.3) is 11.1 Å². The van der Waals surface area contributed by atoms with Crippen molar-refractivity contribution in [1.82, 2.24) is 10.2 Å². The van der Waals surface area contributed by atoms with Gasteiger partial charge in [-0.05, 0) is 46.9 Å². The number of piperidine rings is 1. The molecule has 0 radical (unpaired) electrons. The maximum atomic E-state index is 12.9. The average molecular weight is 477 g/mol. The minimum absolute atomic E-state index is 0.0126. The molecule has 0 bridgehead atoms. The third-order valence-electron chi connectivity index (χ3n) is 7.86. The molecule has 3 aliphatic rings. The van der Waals surface area contributed by atoms with Crippen LogP contribution in [0.15, 0.2) is 48.5 Å². The maximum Gasteiger partial charge on any atom is 0.407 e. The van der Waals surface area contributed by atoms with Crippen LogP contribution in [0, 0.1) is 17.8 Å². The van der Waals surface area contributed by atoms with Crippen LogP contribution in [-0.2, 0) is 14.3 Å². The Balaban J connectivity index is 1.16. The molecule has 1 heterocycles. The number of aliphatic carboxylic acids is 1. The Morgan fingerprint density at radius 1 is 1.06 bits per heavy atom. The van der Waals surface area contributed by atoms with Crippen molar-refractivity contribution in [2.75, 3.05) is 19.7 Å². The summed E-state index contributed by atoms with van der Waals surface area (Å²) in [5.74, 6) is -0.821. The number of ether oxygens (including phenoxy) is 1. The predicted molar refractivity (Wildman–Crippen MR) is 131 cm³/mol. The molecular formula is C28H32N2O5. The van der Waals surface area contributed by atoms with Crippen molar-refractivity contribution in [1.29, 1.82) is 0 Å². The molecule has 4 atom stereocenters. The lowest BCUT2D eigenvalue weighted by Gasteiger charge is -2.28. The summed E-state index contributed by atoms with van der Waals surface area (Å²) >= 11 is 0. The number of fused-ring (bicyclic) bond motifs is 4. The lowest BCUT2D eigenvalue weighted by atomic mass is 9.98. The number of hydrogen-bond donors (Lipinski definition) is 2. The number of benzene rings is 2. The van der Waals surface area contributed by atoms with E-state index in [1.54, 1.807) is 4.90 Å². The minimum atomic E-state index is -0.755. The SMILES string of the molecule is CCC[C@H](CC(=O)N1CC[C@H]2C(C(=O)O)[C@H]2C1)NC(=O)OCC1c2ccccc2-c2ccccc21. The number of alkyl carbamates (subject to hydrolysis) is 1. The van der Waals surface area contributed by atoms with Gasteiger partial charge in [-0.15, -0.1) is 0 Å². The summed E-state index contributed by atoms with van der Waals surface area (Å²) in [7, 11) is 0. The van der Waals surface area contributed by atoms with Crippen molar-refractivity contribution >= 4 is 18.0 Å². The third-order valence-corrected chi connectivity index (χ3v) is 7.86. The summed E-state index contributed by atoms with van der Waals surface area (Å²) < 4.78 is 5.67. The smallest absolute Gasteiger partial charge is 0.407 e. The largest absolute Gasteiger partial charge is 0.481 e. The Hall–Kier alpha value is -3.35. The standard InChI is InChI=1S/C28H32N2O5/c1-2-7-17(14-25(31)30-13-12-22-23(15-30)26(22)27(32)33)29-28(34)35-16-24-20-10-5-3-8-18(20)19-9-4-6-11-21(19)24/h3-6,8-11,17,22-24,26H,2,7,12-16H2,1H3,(H,29,34)(H,32,33)/t17-,22-,23+,26?/m1/s1. The molecule has 2 aromatic rings. The lowest BCUT2D eigenvalue weighted by molar-refractivity contribution is -0.139. The van der Waals surface area contributed by atoms with E-state index < -0.39 is 12.1 Å². The molecule has 1 unspecified atom stereocenters. The fourth-order valence-corrected chi connectivity index (χ4v) is 6.05. The van der Waals surface area contributed by atoms with E-state index in [1.807, 2.05) is 31.2 Å². The van der Waals surface area contributed by atoms with Crippen molar-refractivity contribution in [3.8, 4) is 11.1 Å². The van der Waals surface area contributed by atoms with E-state index >= 15 is 0 Å². The number of nitrogens with zero attached hydrogens (tertiary/aromatic N) is 1. The van der Waals surface area contributed by atoms with Crippen LogP contribution in [0.5, 0.6) is 0 Å². The van der Waals surface area contributed by atoms with Gasteiger partial charge in [0.15, 0.2) is 0 Å². The molecular weight excluding hydrogens is 444 g/mol. The van der Waals surface area contributed by atoms with Gasteiger partial charge in [0.1, 0.15) is 6.61 Å². The Bertz CT molecular complexity index is 1090. The zero-order valence-electron chi connectivity index (χ0n) is 20.0. The Kier molecular flexibility index (Phi) is 6.50. The molecule has 2 fully saturated rings. The Morgan fingerprint density at radius 3 is 2.34 bits per heavy atom. The normalized spacial score (nSPS) is 23.0. The van der Waals surface area contributed by atoms with E-state index in [0.717, 1.165) is 24.0 Å². The van der Waals surface area contributed by atoms with E-state index in [9.17, 15) is 19.5 Å². The topological polar surface area (TPSA) is 95.9 Å². The van der Waals surface area contributed by atoms with Crippen molar-refractivity contribution in [3.05, 3.63) is 59.7 Å². The predicted octanol–water partition coefficient (Wildman–Crippen LogP) is 4.26. The Morgan fingerprint density at radius 2 is 1.71 bits per heavy atom. The van der Waals surface area contributed by atoms with Gasteiger partial charge in [0, 0.05) is 31.5 Å². The summed E-state index contributed by atoms with van der Waals surface area (Å²) in [6.07, 6.45) is 1.93. The van der Waals surface area contributed by atoms with Gasteiger partial charge in [-0.1, -0.05) is 61.9 Å². The van der Waals surface area contributed by atoms with E-state index in [2.05, 4.69) is 29.6 Å². The molecule has 2 aliphatic carbocycles. The van der Waals surface area contributed by atoms with Gasteiger partial charge in [0.25, 0.3) is 0 Å². The number of likely N-dealkylation sites (tertiary alicyclic amines) is 1. The van der Waals surface area contributed by atoms with Crippen LogP contribution < -0.4 is 5.32 Å². The summed E-state index contributed by atoms with van der Waals surface area (Å²) in [5.41, 5.74) is 4.67. The summed E-state index contributed by atoms with van der Waals surface area (Å²) in [6.45, 7) is 3.35. The van der Waals surface area contributed by atoms with Crippen LogP contribution in [0.2, 0.25) is 0 Å². The summed E-state index contributed by atoms with van der Waals surface area (Å²) in [5, 5.41) is 12.2. The fourth-order valence-electron chi connectivity index (χ4n) is 6.05. The average Bonchev–Trinajstić information content (AvgIpc) is 3.50. The maximum absolute atomic E-state index is 12.9. The van der Waals surface area contributed by atoms with E-state index in [1.165, 1.54) is 11.1 Å². The van der Waals surface area contributed by atoms with Gasteiger partial charge in [-0.3, -0.25) is 9.59 Å². The molecule has 2 N–H and O–H groups in total. The zero-order chi connectivity index (χ0) is 24.5. The van der Waals surface area contributed by atoms with Crippen LogP contribution in [0.4, 0.5) is 4.79 Å². The van der Waals surface area contributed by atoms with Crippen LogP contribution >= 0.6 is 0 Å². The van der Waals surface area contributed by atoms with Crippen LogP contribution in [0.1, 0.15) is 49.7 Å². The van der Waals surface area contributed by atoms with Crippen molar-refractivity contribution in [3.63, 3.8) is 0 Å².